The summed E-state index contributed by atoms with van der Waals surface area (Å²) in [5.74, 6) is 0.591. The van der Waals surface area contributed by atoms with E-state index in [0.29, 0.717) is 5.82 Å². The van der Waals surface area contributed by atoms with Gasteiger partial charge < -0.3 is 10.1 Å². The lowest BCUT2D eigenvalue weighted by Gasteiger charge is -2.01. The Kier molecular flexibility index (Phi) is 2.38. The second kappa shape index (κ2) is 4.03. The van der Waals surface area contributed by atoms with Crippen LogP contribution in [0.1, 0.15) is 5.82 Å². The molecule has 0 aliphatic rings. The maximum absolute atomic E-state index is 8.98. The fraction of sp³-hybridized carbons (Fsp3) is 0.0714. The summed E-state index contributed by atoms with van der Waals surface area (Å²) in [6.45, 7) is -0.0619. The van der Waals surface area contributed by atoms with E-state index >= 15 is 0 Å². The molecule has 1 aromatic heterocycles. The highest BCUT2D eigenvalue weighted by molar-refractivity contribution is 5.86. The third-order valence-electron chi connectivity index (χ3n) is 2.84. The van der Waals surface area contributed by atoms with Gasteiger partial charge in [-0.3, -0.25) is 0 Å². The molecule has 0 spiro atoms. The van der Waals surface area contributed by atoms with Crippen LogP contribution in [-0.4, -0.2) is 15.1 Å². The summed E-state index contributed by atoms with van der Waals surface area (Å²) in [5, 5.41) is 11.4. The Morgan fingerprint density at radius 2 is 1.88 bits per heavy atom. The van der Waals surface area contributed by atoms with E-state index in [1.807, 2.05) is 12.1 Å². The molecule has 0 radical (unpaired) electrons. The molecule has 1 heterocycles. The van der Waals surface area contributed by atoms with Crippen molar-refractivity contribution < 1.29 is 5.11 Å². The second-order valence-corrected chi connectivity index (χ2v) is 3.96. The Morgan fingerprint density at radius 3 is 2.65 bits per heavy atom. The van der Waals surface area contributed by atoms with Crippen LogP contribution < -0.4 is 0 Å². The number of nitrogens with one attached hydrogen (secondary N) is 1. The molecule has 17 heavy (non-hydrogen) atoms. The van der Waals surface area contributed by atoms with Gasteiger partial charge in [0.05, 0.1) is 11.9 Å². The van der Waals surface area contributed by atoms with Gasteiger partial charge in [-0.1, -0.05) is 36.4 Å². The summed E-state index contributed by atoms with van der Waals surface area (Å²) >= 11 is 0. The van der Waals surface area contributed by atoms with Crippen LogP contribution in [0.3, 0.4) is 0 Å². The van der Waals surface area contributed by atoms with Gasteiger partial charge in [-0.15, -0.1) is 0 Å². The Morgan fingerprint density at radius 1 is 1.06 bits per heavy atom. The summed E-state index contributed by atoms with van der Waals surface area (Å²) in [5.41, 5.74) is 2.01. The fourth-order valence-electron chi connectivity index (χ4n) is 1.95. The zero-order valence-electron chi connectivity index (χ0n) is 9.22. The zero-order chi connectivity index (χ0) is 11.7. The molecule has 0 bridgehead atoms. The first kappa shape index (κ1) is 10.1. The number of aromatic amines is 1. The van der Waals surface area contributed by atoms with Crippen LogP contribution in [0.15, 0.2) is 48.7 Å². The van der Waals surface area contributed by atoms with Crippen LogP contribution in [0.5, 0.6) is 0 Å². The van der Waals surface area contributed by atoms with Gasteiger partial charge in [-0.05, 0) is 16.8 Å². The number of benzene rings is 2. The molecule has 0 aliphatic carbocycles. The second-order valence-electron chi connectivity index (χ2n) is 3.96. The van der Waals surface area contributed by atoms with Crippen molar-refractivity contribution in [3.05, 3.63) is 54.5 Å². The molecule has 3 nitrogen and oxygen atoms in total. The molecule has 2 aromatic carbocycles. The first-order chi connectivity index (χ1) is 8.36. The summed E-state index contributed by atoms with van der Waals surface area (Å²) in [7, 11) is 0. The van der Waals surface area contributed by atoms with E-state index in [9.17, 15) is 0 Å². The van der Waals surface area contributed by atoms with Crippen LogP contribution in [0, 0.1) is 0 Å². The largest absolute Gasteiger partial charge is 0.388 e. The van der Waals surface area contributed by atoms with Gasteiger partial charge in [-0.2, -0.15) is 0 Å². The zero-order valence-corrected chi connectivity index (χ0v) is 9.22. The molecule has 3 rings (SSSR count). The van der Waals surface area contributed by atoms with Crippen molar-refractivity contribution in [2.75, 3.05) is 0 Å². The van der Waals surface area contributed by atoms with Crippen molar-refractivity contribution in [3.8, 4) is 11.3 Å². The predicted molar refractivity (Wildman–Crippen MR) is 67.5 cm³/mol. The van der Waals surface area contributed by atoms with Crippen LogP contribution in [0.25, 0.3) is 22.0 Å². The topological polar surface area (TPSA) is 48.9 Å². The lowest BCUT2D eigenvalue weighted by atomic mass is 10.1. The number of H-pyrrole nitrogens is 1. The smallest absolute Gasteiger partial charge is 0.132 e. The number of hydrogen-bond donors (Lipinski definition) is 2. The molecule has 3 aromatic rings. The van der Waals surface area contributed by atoms with Gasteiger partial charge in [-0.25, -0.2) is 4.98 Å². The summed E-state index contributed by atoms with van der Waals surface area (Å²) in [6.07, 6.45) is 1.75. The van der Waals surface area contributed by atoms with Crippen molar-refractivity contribution in [1.29, 1.82) is 0 Å². The van der Waals surface area contributed by atoms with E-state index < -0.39 is 0 Å². The molecule has 3 heteroatoms. The van der Waals surface area contributed by atoms with E-state index in [4.69, 9.17) is 5.11 Å². The molecule has 0 unspecified atom stereocenters. The first-order valence-corrected chi connectivity index (χ1v) is 5.51. The molecule has 0 atom stereocenters. The van der Waals surface area contributed by atoms with E-state index in [-0.39, 0.29) is 6.61 Å². The van der Waals surface area contributed by atoms with Gasteiger partial charge >= 0.3 is 0 Å². The minimum Gasteiger partial charge on any atom is -0.388 e. The van der Waals surface area contributed by atoms with Gasteiger partial charge in [0, 0.05) is 5.56 Å². The quantitative estimate of drug-likeness (QED) is 0.703. The normalized spacial score (nSPS) is 10.9. The maximum atomic E-state index is 8.98. The number of aliphatic hydroxyl groups is 1. The number of fused-ring (bicyclic) bond motifs is 1. The van der Waals surface area contributed by atoms with Crippen molar-refractivity contribution in [3.63, 3.8) is 0 Å². The van der Waals surface area contributed by atoms with Crippen LogP contribution >= 0.6 is 0 Å². The van der Waals surface area contributed by atoms with Gasteiger partial charge in [0.2, 0.25) is 0 Å². The van der Waals surface area contributed by atoms with Crippen LogP contribution in [0.2, 0.25) is 0 Å². The van der Waals surface area contributed by atoms with Crippen LogP contribution in [-0.2, 0) is 6.61 Å². The lowest BCUT2D eigenvalue weighted by molar-refractivity contribution is 0.272. The molecular weight excluding hydrogens is 212 g/mol. The van der Waals surface area contributed by atoms with Crippen molar-refractivity contribution >= 4 is 10.8 Å². The van der Waals surface area contributed by atoms with E-state index in [0.717, 1.165) is 11.3 Å². The van der Waals surface area contributed by atoms with Crippen LogP contribution in [0.4, 0.5) is 0 Å². The molecular formula is C14H12N2O. The number of hydrogen-bond acceptors (Lipinski definition) is 2. The highest BCUT2D eigenvalue weighted by Crippen LogP contribution is 2.22. The summed E-state index contributed by atoms with van der Waals surface area (Å²) in [6, 6.07) is 14.5. The minimum absolute atomic E-state index is 0.0619. The van der Waals surface area contributed by atoms with Crippen molar-refractivity contribution in [2.45, 2.75) is 6.61 Å². The minimum atomic E-state index is -0.0619. The Balaban J connectivity index is 2.11. The first-order valence-electron chi connectivity index (χ1n) is 5.51. The van der Waals surface area contributed by atoms with E-state index in [2.05, 4.69) is 40.3 Å². The monoisotopic (exact) mass is 224 g/mol. The average Bonchev–Trinajstić information content (AvgIpc) is 2.87. The fourth-order valence-corrected chi connectivity index (χ4v) is 1.95. The Labute approximate surface area is 98.8 Å². The summed E-state index contributed by atoms with van der Waals surface area (Å²) in [4.78, 5) is 7.17. The third kappa shape index (κ3) is 1.81. The van der Waals surface area contributed by atoms with E-state index in [1.165, 1.54) is 10.8 Å². The highest BCUT2D eigenvalue weighted by atomic mass is 16.3. The molecule has 0 aliphatic heterocycles. The molecule has 0 fully saturated rings. The Bertz CT molecular complexity index is 658. The van der Waals surface area contributed by atoms with E-state index in [1.54, 1.807) is 6.20 Å². The molecule has 84 valence electrons. The van der Waals surface area contributed by atoms with Crippen molar-refractivity contribution in [2.24, 2.45) is 0 Å². The third-order valence-corrected chi connectivity index (χ3v) is 2.84. The highest BCUT2D eigenvalue weighted by Gasteiger charge is 2.03. The summed E-state index contributed by atoms with van der Waals surface area (Å²) < 4.78 is 0. The van der Waals surface area contributed by atoms with Gasteiger partial charge in [0.1, 0.15) is 12.4 Å². The maximum Gasteiger partial charge on any atom is 0.132 e. The number of rotatable bonds is 2. The SMILES string of the molecule is OCc1ncc(-c2ccc3ccccc3c2)[nH]1. The Hall–Kier alpha value is -2.13. The molecule has 0 amide bonds. The van der Waals surface area contributed by atoms with Crippen molar-refractivity contribution in [1.82, 2.24) is 9.97 Å². The predicted octanol–water partition coefficient (Wildman–Crippen LogP) is 2.72. The molecule has 0 saturated carbocycles. The number of nitrogens with zero attached hydrogens (tertiary/aromatic N) is 1. The van der Waals surface area contributed by atoms with Gasteiger partial charge in [0.25, 0.3) is 0 Å². The number of aromatic nitrogens is 2. The lowest BCUT2D eigenvalue weighted by Crippen LogP contribution is -1.85. The standard InChI is InChI=1S/C14H12N2O/c17-9-14-15-8-13(16-14)12-6-5-10-3-1-2-4-11(10)7-12/h1-8,17H,9H2,(H,15,16). The molecule has 2 N–H and O–H groups in total. The number of aliphatic hydroxyl groups excluding tert-OH is 1. The average molecular weight is 224 g/mol. The molecule has 0 saturated heterocycles. The number of imidazole rings is 1. The van der Waals surface area contributed by atoms with Gasteiger partial charge in [0.15, 0.2) is 0 Å².